The minimum Gasteiger partial charge on any atom is -0.496 e. The zero-order valence-electron chi connectivity index (χ0n) is 15.3. The normalized spacial score (nSPS) is 17.0. The number of carbonyl (C=O) groups excluding carboxylic acids is 1. The minimum absolute atomic E-state index is 0.0443. The smallest absolute Gasteiger partial charge is 0.156 e. The average Bonchev–Trinajstić information content (AvgIpc) is 2.51. The van der Waals surface area contributed by atoms with Gasteiger partial charge in [-0.05, 0) is 42.0 Å². The largest absolute Gasteiger partial charge is 0.496 e. The van der Waals surface area contributed by atoms with Crippen molar-refractivity contribution < 1.29 is 9.53 Å². The van der Waals surface area contributed by atoms with Crippen LogP contribution in [-0.2, 0) is 4.79 Å². The Morgan fingerprint density at radius 3 is 2.71 bits per heavy atom. The van der Waals surface area contributed by atoms with Gasteiger partial charge in [0.15, 0.2) is 5.78 Å². The summed E-state index contributed by atoms with van der Waals surface area (Å²) in [6.45, 7) is 7.44. The van der Waals surface area contributed by atoms with E-state index < -0.39 is 0 Å². The molecule has 130 valence electrons. The molecular weight excluding hydrogens is 298 g/mol. The number of ether oxygens (including phenoxy) is 1. The Bertz CT molecular complexity index is 641. The van der Waals surface area contributed by atoms with E-state index in [-0.39, 0.29) is 11.2 Å². The lowest BCUT2D eigenvalue weighted by Crippen LogP contribution is -2.21. The second-order valence-corrected chi connectivity index (χ2v) is 7.27. The fourth-order valence-corrected chi connectivity index (χ4v) is 3.07. The van der Waals surface area contributed by atoms with E-state index in [1.54, 1.807) is 13.2 Å². The standard InChI is InChI=1S/C21H29NO2/c1-5-6-11-22-18-10-9-17(20(13-18)24-4)8-7-16-12-19(23)15-21(2,3)14-16/h7-10,12-13,22H,5-6,11,14-15H2,1-4H3/b8-7+. The van der Waals surface area contributed by atoms with Crippen LogP contribution in [0.3, 0.4) is 0 Å². The molecule has 1 aromatic rings. The third kappa shape index (κ3) is 5.26. The van der Waals surface area contributed by atoms with E-state index in [1.807, 2.05) is 18.2 Å². The van der Waals surface area contributed by atoms with Crippen LogP contribution in [0.2, 0.25) is 0 Å². The molecular formula is C21H29NO2. The topological polar surface area (TPSA) is 38.3 Å². The first-order chi connectivity index (χ1) is 11.4. The summed E-state index contributed by atoms with van der Waals surface area (Å²) in [5.41, 5.74) is 3.23. The fraction of sp³-hybridized carbons (Fsp3) is 0.476. The third-order valence-corrected chi connectivity index (χ3v) is 4.25. The summed E-state index contributed by atoms with van der Waals surface area (Å²) >= 11 is 0. The number of hydrogen-bond acceptors (Lipinski definition) is 3. The van der Waals surface area contributed by atoms with Crippen molar-refractivity contribution >= 4 is 17.5 Å². The van der Waals surface area contributed by atoms with Crippen molar-refractivity contribution in [1.82, 2.24) is 0 Å². The maximum Gasteiger partial charge on any atom is 0.156 e. The predicted octanol–water partition coefficient (Wildman–Crippen LogP) is 5.24. The lowest BCUT2D eigenvalue weighted by Gasteiger charge is -2.27. The summed E-state index contributed by atoms with van der Waals surface area (Å²) in [4.78, 5) is 11.9. The van der Waals surface area contributed by atoms with E-state index in [0.29, 0.717) is 6.42 Å². The molecule has 0 bridgehead atoms. The molecule has 0 saturated heterocycles. The summed E-state index contributed by atoms with van der Waals surface area (Å²) < 4.78 is 5.52. The van der Waals surface area contributed by atoms with Gasteiger partial charge in [0.1, 0.15) is 5.75 Å². The second-order valence-electron chi connectivity index (χ2n) is 7.27. The van der Waals surface area contributed by atoms with Gasteiger partial charge in [0.25, 0.3) is 0 Å². The lowest BCUT2D eigenvalue weighted by atomic mass is 9.77. The summed E-state index contributed by atoms with van der Waals surface area (Å²) in [7, 11) is 1.69. The SMILES string of the molecule is CCCCNc1ccc(/C=C/C2=CC(=O)CC(C)(C)C2)c(OC)c1. The molecule has 0 spiro atoms. The molecule has 0 saturated carbocycles. The van der Waals surface area contributed by atoms with Crippen molar-refractivity contribution in [3.05, 3.63) is 41.5 Å². The van der Waals surface area contributed by atoms with Crippen molar-refractivity contribution in [2.24, 2.45) is 5.41 Å². The van der Waals surface area contributed by atoms with Crippen molar-refractivity contribution in [1.29, 1.82) is 0 Å². The number of nitrogens with one attached hydrogen (secondary N) is 1. The molecule has 1 aliphatic carbocycles. The van der Waals surface area contributed by atoms with Gasteiger partial charge in [0.2, 0.25) is 0 Å². The highest BCUT2D eigenvalue weighted by Crippen LogP contribution is 2.34. The fourth-order valence-electron chi connectivity index (χ4n) is 3.07. The zero-order valence-corrected chi connectivity index (χ0v) is 15.3. The molecule has 1 aromatic carbocycles. The van der Waals surface area contributed by atoms with Crippen molar-refractivity contribution in [3.63, 3.8) is 0 Å². The molecule has 0 radical (unpaired) electrons. The first-order valence-corrected chi connectivity index (χ1v) is 8.77. The van der Waals surface area contributed by atoms with E-state index in [9.17, 15) is 4.79 Å². The zero-order chi connectivity index (χ0) is 17.6. The number of ketones is 1. The Balaban J connectivity index is 2.12. The second kappa shape index (κ2) is 8.18. The van der Waals surface area contributed by atoms with Gasteiger partial charge >= 0.3 is 0 Å². The first-order valence-electron chi connectivity index (χ1n) is 8.77. The Hall–Kier alpha value is -2.03. The number of carbonyl (C=O) groups is 1. The van der Waals surface area contributed by atoms with Gasteiger partial charge in [-0.1, -0.05) is 39.3 Å². The molecule has 0 fully saturated rings. The van der Waals surface area contributed by atoms with Gasteiger partial charge in [0, 0.05) is 30.3 Å². The molecule has 3 heteroatoms. The van der Waals surface area contributed by atoms with E-state index in [1.165, 1.54) is 6.42 Å². The number of unbranched alkanes of at least 4 members (excludes halogenated alkanes) is 1. The van der Waals surface area contributed by atoms with Gasteiger partial charge in [-0.25, -0.2) is 0 Å². The molecule has 2 rings (SSSR count). The summed E-state index contributed by atoms with van der Waals surface area (Å²) in [5, 5.41) is 3.41. The van der Waals surface area contributed by atoms with Gasteiger partial charge in [0.05, 0.1) is 7.11 Å². The average molecular weight is 327 g/mol. The van der Waals surface area contributed by atoms with Crippen LogP contribution in [0.4, 0.5) is 5.69 Å². The predicted molar refractivity (Wildman–Crippen MR) is 102 cm³/mol. The van der Waals surface area contributed by atoms with Crippen LogP contribution in [0.25, 0.3) is 6.08 Å². The van der Waals surface area contributed by atoms with E-state index >= 15 is 0 Å². The molecule has 1 aliphatic rings. The quantitative estimate of drug-likeness (QED) is 0.696. The minimum atomic E-state index is 0.0443. The van der Waals surface area contributed by atoms with Crippen LogP contribution in [0.15, 0.2) is 35.9 Å². The van der Waals surface area contributed by atoms with Crippen molar-refractivity contribution in [3.8, 4) is 5.75 Å². The van der Waals surface area contributed by atoms with Crippen molar-refractivity contribution in [2.45, 2.75) is 46.5 Å². The number of methoxy groups -OCH3 is 1. The Labute approximate surface area is 145 Å². The Kier molecular flexibility index (Phi) is 6.24. The summed E-state index contributed by atoms with van der Waals surface area (Å²) in [5.74, 6) is 1.06. The number of allylic oxidation sites excluding steroid dienone is 3. The third-order valence-electron chi connectivity index (χ3n) is 4.25. The molecule has 1 N–H and O–H groups in total. The monoisotopic (exact) mass is 327 g/mol. The Morgan fingerprint density at radius 2 is 2.04 bits per heavy atom. The number of rotatable bonds is 7. The highest BCUT2D eigenvalue weighted by molar-refractivity contribution is 5.92. The van der Waals surface area contributed by atoms with Gasteiger partial charge in [-0.2, -0.15) is 0 Å². The van der Waals surface area contributed by atoms with E-state index in [4.69, 9.17) is 4.74 Å². The van der Waals surface area contributed by atoms with Crippen molar-refractivity contribution in [2.75, 3.05) is 19.0 Å². The van der Waals surface area contributed by atoms with Crippen LogP contribution in [-0.4, -0.2) is 19.4 Å². The van der Waals surface area contributed by atoms with Crippen LogP contribution in [0.5, 0.6) is 5.75 Å². The molecule has 24 heavy (non-hydrogen) atoms. The molecule has 0 heterocycles. The Morgan fingerprint density at radius 1 is 1.25 bits per heavy atom. The number of hydrogen-bond donors (Lipinski definition) is 1. The van der Waals surface area contributed by atoms with Crippen LogP contribution >= 0.6 is 0 Å². The van der Waals surface area contributed by atoms with Crippen LogP contribution < -0.4 is 10.1 Å². The molecule has 0 aliphatic heterocycles. The highest BCUT2D eigenvalue weighted by atomic mass is 16.5. The highest BCUT2D eigenvalue weighted by Gasteiger charge is 2.26. The lowest BCUT2D eigenvalue weighted by molar-refractivity contribution is -0.116. The number of benzene rings is 1. The van der Waals surface area contributed by atoms with Gasteiger partial charge in [-0.3, -0.25) is 4.79 Å². The van der Waals surface area contributed by atoms with Crippen LogP contribution in [0.1, 0.15) is 52.0 Å². The molecule has 0 aromatic heterocycles. The van der Waals surface area contributed by atoms with Crippen LogP contribution in [0, 0.1) is 5.41 Å². The molecule has 3 nitrogen and oxygen atoms in total. The molecule has 0 unspecified atom stereocenters. The summed E-state index contributed by atoms with van der Waals surface area (Å²) in [6.07, 6.45) is 9.74. The van der Waals surface area contributed by atoms with Gasteiger partial charge < -0.3 is 10.1 Å². The van der Waals surface area contributed by atoms with Gasteiger partial charge in [-0.15, -0.1) is 0 Å². The maximum absolute atomic E-state index is 11.9. The van der Waals surface area contributed by atoms with E-state index in [2.05, 4.69) is 38.2 Å². The molecule has 0 amide bonds. The number of anilines is 1. The molecule has 0 atom stereocenters. The maximum atomic E-state index is 11.9. The van der Waals surface area contributed by atoms with E-state index in [0.717, 1.165) is 42.0 Å². The summed E-state index contributed by atoms with van der Waals surface area (Å²) in [6, 6.07) is 6.15. The first kappa shape index (κ1) is 18.3.